The van der Waals surface area contributed by atoms with E-state index in [2.05, 4.69) is 189 Å². The van der Waals surface area contributed by atoms with Gasteiger partial charge in [0, 0.05) is 49.8 Å². The third-order valence-electron chi connectivity index (χ3n) is 16.5. The number of nitrogens with zero attached hydrogens (tertiary/aromatic N) is 1. The fourth-order valence-corrected chi connectivity index (χ4v) is 14.1. The van der Waals surface area contributed by atoms with Crippen molar-refractivity contribution in [2.45, 2.75) is 56.8 Å². The average Bonchev–Trinajstić information content (AvgIpc) is 3.82. The number of ether oxygens (including phenoxy) is 1. The molecule has 64 heavy (non-hydrogen) atoms. The Morgan fingerprint density at radius 3 is 1.81 bits per heavy atom. The number of anilines is 3. The van der Waals surface area contributed by atoms with Gasteiger partial charge in [0.15, 0.2) is 0 Å². The molecule has 2 heterocycles. The lowest BCUT2D eigenvalue weighted by Gasteiger charge is -2.63. The van der Waals surface area contributed by atoms with E-state index < -0.39 is 0 Å². The monoisotopic (exact) mass is 827 g/mol. The fraction of sp³-hybridized carbons (Fsp3) is 0.213. The Morgan fingerprint density at radius 2 is 1.02 bits per heavy atom. The van der Waals surface area contributed by atoms with E-state index in [9.17, 15) is 0 Å². The smallest absolute Gasteiger partial charge is 0.136 e. The maximum atomic E-state index is 6.91. The highest BCUT2D eigenvalue weighted by atomic mass is 16.5. The van der Waals surface area contributed by atoms with Crippen LogP contribution in [-0.2, 0) is 10.8 Å². The predicted molar refractivity (Wildman–Crippen MR) is 261 cm³/mol. The zero-order valence-corrected chi connectivity index (χ0v) is 36.4. The van der Waals surface area contributed by atoms with Crippen LogP contribution < -0.4 is 9.64 Å². The van der Waals surface area contributed by atoms with Crippen LogP contribution in [0, 0.1) is 23.7 Å². The Morgan fingerprint density at radius 1 is 0.438 bits per heavy atom. The van der Waals surface area contributed by atoms with Gasteiger partial charge in [-0.25, -0.2) is 0 Å². The molecule has 0 saturated heterocycles. The second kappa shape index (κ2) is 13.3. The summed E-state index contributed by atoms with van der Waals surface area (Å²) >= 11 is 0. The van der Waals surface area contributed by atoms with Gasteiger partial charge in [-0.3, -0.25) is 0 Å². The zero-order chi connectivity index (χ0) is 42.3. The molecule has 4 bridgehead atoms. The molecule has 0 unspecified atom stereocenters. The molecule has 1 aliphatic heterocycles. The van der Waals surface area contributed by atoms with Crippen molar-refractivity contribution in [2.24, 2.45) is 23.7 Å². The van der Waals surface area contributed by atoms with Crippen LogP contribution in [-0.4, -0.2) is 0 Å². The predicted octanol–water partition coefficient (Wildman–Crippen LogP) is 16.5. The van der Waals surface area contributed by atoms with E-state index in [1.165, 1.54) is 99.1 Å². The van der Waals surface area contributed by atoms with Crippen LogP contribution >= 0.6 is 0 Å². The molecule has 8 aromatic carbocycles. The highest BCUT2D eigenvalue weighted by molar-refractivity contribution is 6.13. The summed E-state index contributed by atoms with van der Waals surface area (Å²) in [6.45, 7) is 4.77. The number of furan rings is 1. The van der Waals surface area contributed by atoms with Crippen molar-refractivity contribution >= 4 is 39.0 Å². The van der Waals surface area contributed by atoms with Gasteiger partial charge in [-0.2, -0.15) is 0 Å². The molecular weight excluding hydrogens is 779 g/mol. The SMILES string of the molecule is CC1(C)c2ccccc2-c2ccc(N(c3ccc(-c4ccccc4-c4cccc5oc6ccccc6c45)cc3)c3ccc4c(c3)C3(c5ccccc5O4)C4CC5CC(C4)CC3C5)cc21. The average molecular weight is 828 g/mol. The van der Waals surface area contributed by atoms with Gasteiger partial charge >= 0.3 is 0 Å². The van der Waals surface area contributed by atoms with Crippen LogP contribution in [0.5, 0.6) is 11.5 Å². The number of para-hydroxylation sites is 2. The molecule has 5 aliphatic carbocycles. The molecule has 0 N–H and O–H groups in total. The molecule has 6 aliphatic rings. The van der Waals surface area contributed by atoms with Crippen molar-refractivity contribution in [3.63, 3.8) is 0 Å². The molecule has 9 aromatic rings. The summed E-state index contributed by atoms with van der Waals surface area (Å²) in [5, 5.41) is 2.30. The summed E-state index contributed by atoms with van der Waals surface area (Å²) in [6, 6.07) is 65.2. The number of benzene rings is 8. The Balaban J connectivity index is 0.936. The molecule has 310 valence electrons. The summed E-state index contributed by atoms with van der Waals surface area (Å²) in [5.74, 6) is 5.07. The quantitative estimate of drug-likeness (QED) is 0.173. The Bertz CT molecular complexity index is 3340. The van der Waals surface area contributed by atoms with Crippen LogP contribution in [0.1, 0.15) is 68.2 Å². The van der Waals surface area contributed by atoms with Gasteiger partial charge in [-0.05, 0) is 161 Å². The largest absolute Gasteiger partial charge is 0.457 e. The fourth-order valence-electron chi connectivity index (χ4n) is 14.1. The van der Waals surface area contributed by atoms with Gasteiger partial charge in [0.25, 0.3) is 0 Å². The summed E-state index contributed by atoms with van der Waals surface area (Å²) in [7, 11) is 0. The van der Waals surface area contributed by atoms with Crippen molar-refractivity contribution < 1.29 is 9.15 Å². The van der Waals surface area contributed by atoms with E-state index in [0.29, 0.717) is 11.8 Å². The molecule has 3 heteroatoms. The third kappa shape index (κ3) is 5.04. The molecule has 4 fully saturated rings. The Labute approximate surface area is 375 Å². The molecule has 1 aromatic heterocycles. The third-order valence-corrected chi connectivity index (χ3v) is 16.5. The molecule has 15 rings (SSSR count). The van der Waals surface area contributed by atoms with Crippen molar-refractivity contribution in [2.75, 3.05) is 4.90 Å². The van der Waals surface area contributed by atoms with E-state index in [1.54, 1.807) is 0 Å². The molecule has 4 saturated carbocycles. The van der Waals surface area contributed by atoms with Crippen LogP contribution in [0.3, 0.4) is 0 Å². The summed E-state index contributed by atoms with van der Waals surface area (Å²) in [6.07, 6.45) is 6.72. The first-order chi connectivity index (χ1) is 31.4. The first-order valence-electron chi connectivity index (χ1n) is 23.5. The van der Waals surface area contributed by atoms with E-state index in [-0.39, 0.29) is 10.8 Å². The lowest BCUT2D eigenvalue weighted by Crippen LogP contribution is -2.57. The number of fused-ring (bicyclic) bond motifs is 8. The molecule has 0 atom stereocenters. The summed E-state index contributed by atoms with van der Waals surface area (Å²) in [5.41, 5.74) is 18.1. The highest BCUT2D eigenvalue weighted by Gasteiger charge is 2.61. The van der Waals surface area contributed by atoms with Crippen LogP contribution in [0.4, 0.5) is 17.1 Å². The van der Waals surface area contributed by atoms with Gasteiger partial charge in [-0.15, -0.1) is 0 Å². The minimum atomic E-state index is -0.123. The normalized spacial score (nSPS) is 22.8. The number of hydrogen-bond acceptors (Lipinski definition) is 3. The van der Waals surface area contributed by atoms with E-state index in [0.717, 1.165) is 51.0 Å². The first-order valence-corrected chi connectivity index (χ1v) is 23.5. The number of rotatable bonds is 5. The topological polar surface area (TPSA) is 25.6 Å². The van der Waals surface area contributed by atoms with Gasteiger partial charge in [0.1, 0.15) is 22.7 Å². The molecule has 1 spiro atoms. The van der Waals surface area contributed by atoms with Crippen LogP contribution in [0.15, 0.2) is 180 Å². The summed E-state index contributed by atoms with van der Waals surface area (Å²) in [4.78, 5) is 2.51. The van der Waals surface area contributed by atoms with Gasteiger partial charge in [-0.1, -0.05) is 129 Å². The summed E-state index contributed by atoms with van der Waals surface area (Å²) < 4.78 is 13.3. The molecule has 0 radical (unpaired) electrons. The van der Waals surface area contributed by atoms with Crippen molar-refractivity contribution in [1.29, 1.82) is 0 Å². The maximum absolute atomic E-state index is 6.91. The maximum Gasteiger partial charge on any atom is 0.136 e. The minimum Gasteiger partial charge on any atom is -0.457 e. The lowest BCUT2D eigenvalue weighted by molar-refractivity contribution is -0.0452. The van der Waals surface area contributed by atoms with E-state index >= 15 is 0 Å². The lowest BCUT2D eigenvalue weighted by atomic mass is 9.42. The standard InChI is InChI=1S/C61H49NO2/c1-60(2)51-17-7-5-14-47(51)48-28-26-43(35-53(48)60)62(44-27-29-57-54(36-44)61(52-18-8-10-20-56(52)64-57)40-31-37-30-38(33-40)34-41(61)32-37)42-24-22-39(23-25-42)45-12-3-4-13-46(45)49-16-11-21-58-59(49)50-15-6-9-19-55(50)63-58/h3-29,35-38,40-41H,30-34H2,1-2H3. The van der Waals surface area contributed by atoms with Crippen LogP contribution in [0.2, 0.25) is 0 Å². The van der Waals surface area contributed by atoms with Crippen molar-refractivity contribution in [3.05, 3.63) is 198 Å². The van der Waals surface area contributed by atoms with Gasteiger partial charge in [0.05, 0.1) is 0 Å². The zero-order valence-electron chi connectivity index (χ0n) is 36.4. The molecule has 3 nitrogen and oxygen atoms in total. The van der Waals surface area contributed by atoms with Crippen molar-refractivity contribution in [3.8, 4) is 44.9 Å². The van der Waals surface area contributed by atoms with Gasteiger partial charge in [0.2, 0.25) is 0 Å². The second-order valence-corrected chi connectivity index (χ2v) is 20.1. The minimum absolute atomic E-state index is 0.0441. The van der Waals surface area contributed by atoms with E-state index in [1.807, 2.05) is 6.07 Å². The second-order valence-electron chi connectivity index (χ2n) is 20.1. The van der Waals surface area contributed by atoms with Crippen molar-refractivity contribution in [1.82, 2.24) is 0 Å². The Kier molecular flexibility index (Phi) is 7.64. The number of hydrogen-bond donors (Lipinski definition) is 0. The molecule has 0 amide bonds. The van der Waals surface area contributed by atoms with Crippen LogP contribution in [0.25, 0.3) is 55.3 Å². The Hall–Kier alpha value is -6.84. The van der Waals surface area contributed by atoms with Gasteiger partial charge < -0.3 is 14.1 Å². The highest BCUT2D eigenvalue weighted by Crippen LogP contribution is 2.69. The first kappa shape index (κ1) is 36.6. The van der Waals surface area contributed by atoms with E-state index in [4.69, 9.17) is 9.15 Å². The molecular formula is C61H49NO2.